The molecule has 0 atom stereocenters. The topological polar surface area (TPSA) is 85.4 Å². The normalized spacial score (nSPS) is 11.2. The fourth-order valence-corrected chi connectivity index (χ4v) is 1.83. The second kappa shape index (κ2) is 5.31. The van der Waals surface area contributed by atoms with Crippen molar-refractivity contribution >= 4 is 11.8 Å². The van der Waals surface area contributed by atoms with Crippen LogP contribution in [0.4, 0.5) is 19.0 Å². The number of carbonyl (C=O) groups is 1. The van der Waals surface area contributed by atoms with Crippen LogP contribution < -0.4 is 10.5 Å². The number of para-hydroxylation sites is 1. The molecule has 1 aromatic heterocycles. The number of alkyl halides is 3. The summed E-state index contributed by atoms with van der Waals surface area (Å²) in [6.07, 6.45) is -3.74. The highest BCUT2D eigenvalue weighted by Crippen LogP contribution is 2.37. The molecular formula is C13H9F3N2O3. The third kappa shape index (κ3) is 3.22. The van der Waals surface area contributed by atoms with E-state index in [9.17, 15) is 18.0 Å². The number of halogens is 3. The Morgan fingerprint density at radius 2 is 1.90 bits per heavy atom. The SMILES string of the molecule is Nc1nccc(C(=O)O)c1-c1ccccc1OC(F)(F)F. The standard InChI is InChI=1S/C13H9F3N2O3/c14-13(15,16)21-9-4-2-1-3-7(9)10-8(12(19)20)5-6-18-11(10)17/h1-6H,(H2,17,18)(H,19,20). The van der Waals surface area contributed by atoms with Gasteiger partial charge in [-0.1, -0.05) is 18.2 Å². The van der Waals surface area contributed by atoms with Crippen LogP contribution in [0.3, 0.4) is 0 Å². The molecule has 110 valence electrons. The van der Waals surface area contributed by atoms with Gasteiger partial charge >= 0.3 is 12.3 Å². The van der Waals surface area contributed by atoms with Crippen LogP contribution in [-0.4, -0.2) is 22.4 Å². The van der Waals surface area contributed by atoms with Crippen LogP contribution in [0.15, 0.2) is 36.5 Å². The van der Waals surface area contributed by atoms with Crippen molar-refractivity contribution < 1.29 is 27.8 Å². The minimum absolute atomic E-state index is 0.0992. The maximum Gasteiger partial charge on any atom is 0.573 e. The molecule has 0 fully saturated rings. The summed E-state index contributed by atoms with van der Waals surface area (Å²) >= 11 is 0. The highest BCUT2D eigenvalue weighted by molar-refractivity contribution is 5.99. The number of pyridine rings is 1. The van der Waals surface area contributed by atoms with Crippen molar-refractivity contribution in [3.05, 3.63) is 42.1 Å². The van der Waals surface area contributed by atoms with Crippen molar-refractivity contribution in [2.45, 2.75) is 6.36 Å². The molecule has 2 aromatic rings. The molecule has 21 heavy (non-hydrogen) atoms. The lowest BCUT2D eigenvalue weighted by atomic mass is 10.00. The maximum absolute atomic E-state index is 12.4. The minimum atomic E-state index is -4.91. The third-order valence-corrected chi connectivity index (χ3v) is 2.59. The van der Waals surface area contributed by atoms with Gasteiger partial charge in [0.15, 0.2) is 0 Å². The number of anilines is 1. The number of nitrogen functional groups attached to an aromatic ring is 1. The van der Waals surface area contributed by atoms with E-state index in [0.29, 0.717) is 0 Å². The lowest BCUT2D eigenvalue weighted by Gasteiger charge is -2.15. The number of nitrogens with zero attached hydrogens (tertiary/aromatic N) is 1. The average Bonchev–Trinajstić information content (AvgIpc) is 2.37. The van der Waals surface area contributed by atoms with Gasteiger partial charge in [0.25, 0.3) is 0 Å². The second-order valence-corrected chi connectivity index (χ2v) is 3.97. The minimum Gasteiger partial charge on any atom is -0.478 e. The van der Waals surface area contributed by atoms with E-state index in [2.05, 4.69) is 9.72 Å². The van der Waals surface area contributed by atoms with E-state index in [0.717, 1.165) is 18.3 Å². The van der Waals surface area contributed by atoms with Crippen molar-refractivity contribution in [3.63, 3.8) is 0 Å². The summed E-state index contributed by atoms with van der Waals surface area (Å²) in [5, 5.41) is 9.13. The lowest BCUT2D eigenvalue weighted by molar-refractivity contribution is -0.274. The van der Waals surface area contributed by atoms with E-state index in [-0.39, 0.29) is 22.5 Å². The fourth-order valence-electron chi connectivity index (χ4n) is 1.83. The summed E-state index contributed by atoms with van der Waals surface area (Å²) < 4.78 is 41.1. The molecule has 1 heterocycles. The smallest absolute Gasteiger partial charge is 0.478 e. The first-order valence-corrected chi connectivity index (χ1v) is 5.62. The predicted octanol–water partition coefficient (Wildman–Crippen LogP) is 2.93. The second-order valence-electron chi connectivity index (χ2n) is 3.97. The molecule has 0 unspecified atom stereocenters. The number of hydrogen-bond donors (Lipinski definition) is 2. The van der Waals surface area contributed by atoms with Crippen molar-refractivity contribution in [2.24, 2.45) is 0 Å². The third-order valence-electron chi connectivity index (χ3n) is 2.59. The zero-order valence-corrected chi connectivity index (χ0v) is 10.4. The molecule has 5 nitrogen and oxygen atoms in total. The Morgan fingerprint density at radius 3 is 2.52 bits per heavy atom. The van der Waals surface area contributed by atoms with Gasteiger partial charge in [0.2, 0.25) is 0 Å². The van der Waals surface area contributed by atoms with Crippen LogP contribution >= 0.6 is 0 Å². The van der Waals surface area contributed by atoms with Gasteiger partial charge in [0, 0.05) is 17.3 Å². The van der Waals surface area contributed by atoms with Crippen molar-refractivity contribution in [1.82, 2.24) is 4.98 Å². The molecule has 0 saturated heterocycles. The summed E-state index contributed by atoms with van der Waals surface area (Å²) in [5.41, 5.74) is 5.13. The number of aromatic carboxylic acids is 1. The van der Waals surface area contributed by atoms with Crippen molar-refractivity contribution in [3.8, 4) is 16.9 Å². The maximum atomic E-state index is 12.4. The average molecular weight is 298 g/mol. The molecule has 1 aromatic carbocycles. The molecule has 3 N–H and O–H groups in total. The molecule has 0 spiro atoms. The molecule has 8 heteroatoms. The molecule has 0 amide bonds. The predicted molar refractivity (Wildman–Crippen MR) is 67.7 cm³/mol. The Hall–Kier alpha value is -2.77. The van der Waals surface area contributed by atoms with E-state index in [4.69, 9.17) is 10.8 Å². The fraction of sp³-hybridized carbons (Fsp3) is 0.0769. The van der Waals surface area contributed by atoms with Crippen LogP contribution in [0.5, 0.6) is 5.75 Å². The van der Waals surface area contributed by atoms with Crippen LogP contribution in [0.2, 0.25) is 0 Å². The zero-order chi connectivity index (χ0) is 15.6. The molecule has 0 aliphatic rings. The largest absolute Gasteiger partial charge is 0.573 e. The van der Waals surface area contributed by atoms with E-state index >= 15 is 0 Å². The van der Waals surface area contributed by atoms with Crippen LogP contribution in [0.25, 0.3) is 11.1 Å². The first-order valence-electron chi connectivity index (χ1n) is 5.62. The quantitative estimate of drug-likeness (QED) is 0.910. The Balaban J connectivity index is 2.66. The molecule has 0 saturated carbocycles. The summed E-state index contributed by atoms with van der Waals surface area (Å²) in [5.74, 6) is -2.08. The van der Waals surface area contributed by atoms with Crippen LogP contribution in [-0.2, 0) is 0 Å². The molecule has 0 aliphatic heterocycles. The van der Waals surface area contributed by atoms with Gasteiger partial charge < -0.3 is 15.6 Å². The van der Waals surface area contributed by atoms with Crippen LogP contribution in [0, 0.1) is 0 Å². The Kier molecular flexibility index (Phi) is 3.70. The van der Waals surface area contributed by atoms with Crippen molar-refractivity contribution in [2.75, 3.05) is 5.73 Å². The van der Waals surface area contributed by atoms with Gasteiger partial charge in [-0.3, -0.25) is 0 Å². The summed E-state index contributed by atoms with van der Waals surface area (Å²) in [6.45, 7) is 0. The molecule has 0 radical (unpaired) electrons. The first-order chi connectivity index (χ1) is 9.79. The van der Waals surface area contributed by atoms with Crippen molar-refractivity contribution in [1.29, 1.82) is 0 Å². The summed E-state index contributed by atoms with van der Waals surface area (Å²) in [6, 6.07) is 6.27. The number of ether oxygens (including phenoxy) is 1. The Morgan fingerprint density at radius 1 is 1.24 bits per heavy atom. The van der Waals surface area contributed by atoms with Gasteiger partial charge in [0.05, 0.1) is 5.56 Å². The first kappa shape index (κ1) is 14.6. The van der Waals surface area contributed by atoms with Gasteiger partial charge in [-0.25, -0.2) is 9.78 Å². The number of rotatable bonds is 3. The van der Waals surface area contributed by atoms with E-state index in [1.165, 1.54) is 18.2 Å². The number of aromatic nitrogens is 1. The number of carboxylic acids is 1. The molecular weight excluding hydrogens is 289 g/mol. The van der Waals surface area contributed by atoms with E-state index in [1.807, 2.05) is 0 Å². The Labute approximate surface area is 116 Å². The van der Waals surface area contributed by atoms with Gasteiger partial charge in [-0.05, 0) is 12.1 Å². The monoisotopic (exact) mass is 298 g/mol. The zero-order valence-electron chi connectivity index (χ0n) is 10.4. The number of benzene rings is 1. The number of nitrogens with two attached hydrogens (primary N) is 1. The van der Waals surface area contributed by atoms with Gasteiger partial charge in [0.1, 0.15) is 11.6 Å². The molecule has 0 aliphatic carbocycles. The van der Waals surface area contributed by atoms with E-state index < -0.39 is 18.1 Å². The van der Waals surface area contributed by atoms with Gasteiger partial charge in [-0.2, -0.15) is 0 Å². The van der Waals surface area contributed by atoms with E-state index in [1.54, 1.807) is 0 Å². The number of carboxylic acid groups (broad SMARTS) is 1. The van der Waals surface area contributed by atoms with Gasteiger partial charge in [-0.15, -0.1) is 13.2 Å². The Bertz CT molecular complexity index is 687. The highest BCUT2D eigenvalue weighted by atomic mass is 19.4. The summed E-state index contributed by atoms with van der Waals surface area (Å²) in [4.78, 5) is 14.9. The van der Waals surface area contributed by atoms with Crippen LogP contribution in [0.1, 0.15) is 10.4 Å². The lowest BCUT2D eigenvalue weighted by Crippen LogP contribution is -2.18. The summed E-state index contributed by atoms with van der Waals surface area (Å²) in [7, 11) is 0. The molecule has 2 rings (SSSR count). The highest BCUT2D eigenvalue weighted by Gasteiger charge is 2.33. The number of hydrogen-bond acceptors (Lipinski definition) is 4. The molecule has 0 bridgehead atoms.